The third-order valence-electron chi connectivity index (χ3n) is 3.85. The average molecular weight is 378 g/mol. The Kier molecular flexibility index (Phi) is 7.46. The molecule has 2 rings (SSSR count). The number of benzene rings is 1. The molecule has 25 heavy (non-hydrogen) atoms. The van der Waals surface area contributed by atoms with Crippen LogP contribution in [-0.2, 0) is 9.59 Å². The molecular weight excluding hydrogens is 354 g/mol. The summed E-state index contributed by atoms with van der Waals surface area (Å²) in [5.41, 5.74) is 1.70. The van der Waals surface area contributed by atoms with Gasteiger partial charge in [0.15, 0.2) is 4.34 Å². The van der Waals surface area contributed by atoms with Crippen molar-refractivity contribution < 1.29 is 9.59 Å². The second kappa shape index (κ2) is 9.58. The van der Waals surface area contributed by atoms with Gasteiger partial charge in [-0.3, -0.25) is 9.59 Å². The Bertz CT molecular complexity index is 712. The summed E-state index contributed by atoms with van der Waals surface area (Å²) in [6, 6.07) is 9.76. The van der Waals surface area contributed by atoms with Crippen LogP contribution in [0.3, 0.4) is 0 Å². The summed E-state index contributed by atoms with van der Waals surface area (Å²) in [4.78, 5) is 28.6. The molecule has 0 saturated heterocycles. The maximum atomic E-state index is 12.5. The van der Waals surface area contributed by atoms with Gasteiger partial charge >= 0.3 is 0 Å². The van der Waals surface area contributed by atoms with E-state index in [1.807, 2.05) is 44.2 Å². The molecule has 0 saturated carbocycles. The molecule has 0 spiro atoms. The number of amides is 2. The van der Waals surface area contributed by atoms with Crippen molar-refractivity contribution in [1.82, 2.24) is 10.3 Å². The fourth-order valence-corrected chi connectivity index (χ4v) is 4.25. The lowest BCUT2D eigenvalue weighted by Gasteiger charge is -2.12. The van der Waals surface area contributed by atoms with Crippen LogP contribution in [0.5, 0.6) is 0 Å². The number of nitrogens with one attached hydrogen (secondary N) is 2. The van der Waals surface area contributed by atoms with Crippen molar-refractivity contribution in [2.24, 2.45) is 5.92 Å². The number of carbonyl (C=O) groups excluding carboxylic acids is 2. The Balaban J connectivity index is 2.27. The smallest absolute Gasteiger partial charge is 0.230 e. The minimum absolute atomic E-state index is 0.00676. The van der Waals surface area contributed by atoms with Crippen molar-refractivity contribution in [3.05, 3.63) is 30.3 Å². The third-order valence-corrected chi connectivity index (χ3v) is 5.97. The number of thiazole rings is 1. The minimum atomic E-state index is -0.0518. The fraction of sp³-hybridized carbons (Fsp3) is 0.389. The summed E-state index contributed by atoms with van der Waals surface area (Å²) in [5.74, 6) is 0.267. The summed E-state index contributed by atoms with van der Waals surface area (Å²) < 4.78 is 0.766. The van der Waals surface area contributed by atoms with Crippen LogP contribution in [0.1, 0.15) is 26.7 Å². The lowest BCUT2D eigenvalue weighted by Crippen LogP contribution is -2.21. The van der Waals surface area contributed by atoms with E-state index in [0.29, 0.717) is 5.75 Å². The van der Waals surface area contributed by atoms with Crippen LogP contribution < -0.4 is 10.6 Å². The molecule has 134 valence electrons. The lowest BCUT2D eigenvalue weighted by atomic mass is 10.0. The molecule has 0 aliphatic heterocycles. The molecule has 1 aromatic carbocycles. The zero-order valence-corrected chi connectivity index (χ0v) is 16.3. The van der Waals surface area contributed by atoms with E-state index in [1.54, 1.807) is 7.05 Å². The normalized spacial score (nSPS) is 10.7. The molecular formula is C18H23N3O2S2. The van der Waals surface area contributed by atoms with E-state index in [-0.39, 0.29) is 17.7 Å². The molecule has 1 heterocycles. The molecule has 0 radical (unpaired) electrons. The molecule has 0 bridgehead atoms. The van der Waals surface area contributed by atoms with Crippen LogP contribution >= 0.6 is 23.1 Å². The highest BCUT2D eigenvalue weighted by Crippen LogP contribution is 2.37. The van der Waals surface area contributed by atoms with Gasteiger partial charge in [0.1, 0.15) is 10.7 Å². The van der Waals surface area contributed by atoms with Crippen LogP contribution in [0.25, 0.3) is 11.3 Å². The second-order valence-electron chi connectivity index (χ2n) is 5.49. The van der Waals surface area contributed by atoms with E-state index in [1.165, 1.54) is 23.1 Å². The number of anilines is 1. The van der Waals surface area contributed by atoms with Crippen LogP contribution in [-0.4, -0.2) is 29.6 Å². The van der Waals surface area contributed by atoms with Gasteiger partial charge in [0, 0.05) is 18.5 Å². The standard InChI is InChI=1S/C18H23N3O2S2/c1-4-12(5-2)16(23)21-17-15(13-9-7-6-8-10-13)20-18(25-17)24-11-14(22)19-3/h6-10,12H,4-5,11H2,1-3H3,(H,19,22)(H,21,23). The highest BCUT2D eigenvalue weighted by Gasteiger charge is 2.20. The summed E-state index contributed by atoms with van der Waals surface area (Å²) in [7, 11) is 1.61. The van der Waals surface area contributed by atoms with Gasteiger partial charge in [0.2, 0.25) is 11.8 Å². The summed E-state index contributed by atoms with van der Waals surface area (Å²) in [6.07, 6.45) is 1.61. The van der Waals surface area contributed by atoms with Gasteiger partial charge in [-0.2, -0.15) is 0 Å². The van der Waals surface area contributed by atoms with E-state index < -0.39 is 0 Å². The number of aromatic nitrogens is 1. The Labute approximate surface area is 156 Å². The van der Waals surface area contributed by atoms with Crippen molar-refractivity contribution in [3.63, 3.8) is 0 Å². The van der Waals surface area contributed by atoms with E-state index in [0.717, 1.165) is 33.4 Å². The predicted molar refractivity (Wildman–Crippen MR) is 105 cm³/mol. The van der Waals surface area contributed by atoms with Crippen molar-refractivity contribution in [2.75, 3.05) is 18.1 Å². The van der Waals surface area contributed by atoms with Gasteiger partial charge in [-0.15, -0.1) is 0 Å². The zero-order valence-electron chi connectivity index (χ0n) is 14.7. The van der Waals surface area contributed by atoms with E-state index in [2.05, 4.69) is 15.6 Å². The molecule has 0 aliphatic carbocycles. The maximum absolute atomic E-state index is 12.5. The van der Waals surface area contributed by atoms with Gasteiger partial charge in [0.25, 0.3) is 0 Å². The molecule has 2 amide bonds. The van der Waals surface area contributed by atoms with Crippen molar-refractivity contribution >= 4 is 39.9 Å². The average Bonchev–Trinajstić information content (AvgIpc) is 3.04. The van der Waals surface area contributed by atoms with Gasteiger partial charge in [0.05, 0.1) is 5.75 Å². The van der Waals surface area contributed by atoms with Crippen molar-refractivity contribution in [3.8, 4) is 11.3 Å². The number of nitrogens with zero attached hydrogens (tertiary/aromatic N) is 1. The molecule has 7 heteroatoms. The summed E-state index contributed by atoms with van der Waals surface area (Å²) in [6.45, 7) is 4.03. The first-order valence-corrected chi connectivity index (χ1v) is 10.1. The molecule has 1 aromatic heterocycles. The third kappa shape index (κ3) is 5.31. The molecule has 2 aromatic rings. The molecule has 0 unspecified atom stereocenters. The number of carbonyl (C=O) groups is 2. The van der Waals surface area contributed by atoms with Gasteiger partial charge in [-0.25, -0.2) is 4.98 Å². The number of rotatable bonds is 8. The van der Waals surface area contributed by atoms with E-state index in [4.69, 9.17) is 0 Å². The number of hydrogen-bond donors (Lipinski definition) is 2. The highest BCUT2D eigenvalue weighted by molar-refractivity contribution is 8.01. The van der Waals surface area contributed by atoms with Crippen molar-refractivity contribution in [1.29, 1.82) is 0 Å². The van der Waals surface area contributed by atoms with E-state index in [9.17, 15) is 9.59 Å². The molecule has 0 atom stereocenters. The van der Waals surface area contributed by atoms with Crippen LogP contribution in [0.2, 0.25) is 0 Å². The molecule has 0 fully saturated rings. The number of thioether (sulfide) groups is 1. The van der Waals surface area contributed by atoms with Gasteiger partial charge in [-0.1, -0.05) is 67.3 Å². The molecule has 0 aliphatic rings. The Morgan fingerprint density at radius 1 is 1.20 bits per heavy atom. The quantitative estimate of drug-likeness (QED) is 0.682. The largest absolute Gasteiger partial charge is 0.358 e. The first-order valence-electron chi connectivity index (χ1n) is 8.29. The van der Waals surface area contributed by atoms with Gasteiger partial charge in [-0.05, 0) is 12.8 Å². The predicted octanol–water partition coefficient (Wildman–Crippen LogP) is 4.02. The lowest BCUT2D eigenvalue weighted by molar-refractivity contribution is -0.120. The van der Waals surface area contributed by atoms with Crippen LogP contribution in [0, 0.1) is 5.92 Å². The minimum Gasteiger partial charge on any atom is -0.358 e. The van der Waals surface area contributed by atoms with Crippen molar-refractivity contribution in [2.45, 2.75) is 31.0 Å². The Morgan fingerprint density at radius 2 is 1.88 bits per heavy atom. The maximum Gasteiger partial charge on any atom is 0.230 e. The summed E-state index contributed by atoms with van der Waals surface area (Å²) in [5, 5.41) is 6.37. The summed E-state index contributed by atoms with van der Waals surface area (Å²) >= 11 is 2.79. The Hall–Kier alpha value is -1.86. The fourth-order valence-electron chi connectivity index (χ4n) is 2.31. The van der Waals surface area contributed by atoms with E-state index >= 15 is 0 Å². The highest BCUT2D eigenvalue weighted by atomic mass is 32.2. The number of hydrogen-bond acceptors (Lipinski definition) is 5. The first-order chi connectivity index (χ1) is 12.1. The molecule has 5 nitrogen and oxygen atoms in total. The first kappa shape index (κ1) is 19.5. The second-order valence-corrected chi connectivity index (χ2v) is 7.71. The van der Waals surface area contributed by atoms with Crippen LogP contribution in [0.4, 0.5) is 5.00 Å². The SMILES string of the molecule is CCC(CC)C(=O)Nc1sc(SCC(=O)NC)nc1-c1ccccc1. The monoisotopic (exact) mass is 377 g/mol. The van der Waals surface area contributed by atoms with Gasteiger partial charge < -0.3 is 10.6 Å². The van der Waals surface area contributed by atoms with Crippen LogP contribution in [0.15, 0.2) is 34.7 Å². The topological polar surface area (TPSA) is 71.1 Å². The molecule has 2 N–H and O–H groups in total. The zero-order chi connectivity index (χ0) is 18.2. The Morgan fingerprint density at radius 3 is 2.48 bits per heavy atom.